The van der Waals surface area contributed by atoms with Gasteiger partial charge in [0.15, 0.2) is 0 Å². The molecule has 1 amide bonds. The zero-order chi connectivity index (χ0) is 21.5. The monoisotopic (exact) mass is 403 g/mol. The lowest BCUT2D eigenvalue weighted by Gasteiger charge is -2.05. The van der Waals surface area contributed by atoms with E-state index in [-0.39, 0.29) is 24.6 Å². The molecule has 2 aromatic carbocycles. The zero-order valence-electron chi connectivity index (χ0n) is 16.7. The van der Waals surface area contributed by atoms with Gasteiger partial charge >= 0.3 is 5.97 Å². The molecule has 3 aromatic rings. The third-order valence-corrected chi connectivity index (χ3v) is 4.62. The molecular formula is C23H21N3O4. The fourth-order valence-corrected chi connectivity index (χ4v) is 3.05. The molecule has 1 N–H and O–H groups in total. The summed E-state index contributed by atoms with van der Waals surface area (Å²) in [6, 6.07) is 16.7. The van der Waals surface area contributed by atoms with Gasteiger partial charge < -0.3 is 19.4 Å². The van der Waals surface area contributed by atoms with E-state index in [0.717, 1.165) is 22.2 Å². The predicted molar refractivity (Wildman–Crippen MR) is 112 cm³/mol. The van der Waals surface area contributed by atoms with E-state index in [1.807, 2.05) is 42.5 Å². The molecule has 1 aromatic heterocycles. The lowest BCUT2D eigenvalue weighted by Crippen LogP contribution is -2.23. The highest BCUT2D eigenvalue weighted by Crippen LogP contribution is 2.24. The minimum atomic E-state index is -0.474. The maximum absolute atomic E-state index is 12.5. The SMILES string of the molecule is COC(=O)Cn1cc(C=C(C#N)C(=O)NCc2ccc(OC)cc2)c2ccccc21. The number of nitrogens with one attached hydrogen (secondary N) is 1. The molecule has 0 aliphatic heterocycles. The Labute approximate surface area is 174 Å². The summed E-state index contributed by atoms with van der Waals surface area (Å²) >= 11 is 0. The van der Waals surface area contributed by atoms with Crippen molar-refractivity contribution in [1.29, 1.82) is 5.26 Å². The lowest BCUT2D eigenvalue weighted by atomic mass is 10.1. The fraction of sp³-hybridized carbons (Fsp3) is 0.174. The quantitative estimate of drug-likeness (QED) is 0.372. The van der Waals surface area contributed by atoms with Gasteiger partial charge in [-0.1, -0.05) is 30.3 Å². The minimum absolute atomic E-state index is 0.0236. The van der Waals surface area contributed by atoms with Crippen LogP contribution in [0.5, 0.6) is 5.75 Å². The molecule has 3 rings (SSSR count). The Morgan fingerprint density at radius 2 is 1.87 bits per heavy atom. The second-order valence-electron chi connectivity index (χ2n) is 6.51. The molecule has 7 nitrogen and oxygen atoms in total. The number of nitrogens with zero attached hydrogens (tertiary/aromatic N) is 2. The number of ether oxygens (including phenoxy) is 2. The van der Waals surface area contributed by atoms with Gasteiger partial charge in [-0.15, -0.1) is 0 Å². The van der Waals surface area contributed by atoms with Crippen LogP contribution in [0.25, 0.3) is 17.0 Å². The number of esters is 1. The van der Waals surface area contributed by atoms with Crippen molar-refractivity contribution in [3.63, 3.8) is 0 Å². The molecule has 1 heterocycles. The van der Waals surface area contributed by atoms with E-state index in [1.165, 1.54) is 13.2 Å². The Hall–Kier alpha value is -4.05. The number of hydrogen-bond acceptors (Lipinski definition) is 5. The van der Waals surface area contributed by atoms with Crippen molar-refractivity contribution in [3.05, 3.63) is 71.4 Å². The van der Waals surface area contributed by atoms with Crippen molar-refractivity contribution >= 4 is 28.9 Å². The van der Waals surface area contributed by atoms with Gasteiger partial charge in [0.25, 0.3) is 5.91 Å². The highest BCUT2D eigenvalue weighted by Gasteiger charge is 2.14. The van der Waals surface area contributed by atoms with Gasteiger partial charge in [-0.3, -0.25) is 9.59 Å². The molecule has 0 saturated heterocycles. The Morgan fingerprint density at radius 3 is 2.53 bits per heavy atom. The summed E-state index contributed by atoms with van der Waals surface area (Å²) in [6.45, 7) is 0.322. The van der Waals surface area contributed by atoms with E-state index in [0.29, 0.717) is 5.56 Å². The molecular weight excluding hydrogens is 382 g/mol. The molecule has 30 heavy (non-hydrogen) atoms. The van der Waals surface area contributed by atoms with Crippen molar-refractivity contribution in [1.82, 2.24) is 9.88 Å². The van der Waals surface area contributed by atoms with E-state index in [4.69, 9.17) is 9.47 Å². The van der Waals surface area contributed by atoms with Crippen molar-refractivity contribution in [2.24, 2.45) is 0 Å². The minimum Gasteiger partial charge on any atom is -0.497 e. The summed E-state index contributed by atoms with van der Waals surface area (Å²) in [5, 5.41) is 13.1. The van der Waals surface area contributed by atoms with Gasteiger partial charge in [-0.2, -0.15) is 5.26 Å². The van der Waals surface area contributed by atoms with Crippen LogP contribution in [-0.2, 0) is 27.4 Å². The van der Waals surface area contributed by atoms with Crippen LogP contribution in [0.15, 0.2) is 60.3 Å². The third kappa shape index (κ3) is 4.67. The molecule has 0 spiro atoms. The molecule has 0 saturated carbocycles. The smallest absolute Gasteiger partial charge is 0.325 e. The number of benzene rings is 2. The van der Waals surface area contributed by atoms with Crippen molar-refractivity contribution < 1.29 is 19.1 Å². The number of amides is 1. The normalized spacial score (nSPS) is 11.0. The molecule has 0 radical (unpaired) electrons. The lowest BCUT2D eigenvalue weighted by molar-refractivity contribution is -0.141. The number of methoxy groups -OCH3 is 2. The number of aromatic nitrogens is 1. The zero-order valence-corrected chi connectivity index (χ0v) is 16.7. The van der Waals surface area contributed by atoms with Crippen molar-refractivity contribution in [2.45, 2.75) is 13.1 Å². The summed E-state index contributed by atoms with van der Waals surface area (Å²) in [6.07, 6.45) is 3.26. The number of carbonyl (C=O) groups excluding carboxylic acids is 2. The van der Waals surface area contributed by atoms with Crippen LogP contribution in [0.4, 0.5) is 0 Å². The third-order valence-electron chi connectivity index (χ3n) is 4.62. The average Bonchev–Trinajstić information content (AvgIpc) is 3.13. The second-order valence-corrected chi connectivity index (χ2v) is 6.51. The number of fused-ring (bicyclic) bond motifs is 1. The first kappa shape index (κ1) is 20.7. The summed E-state index contributed by atoms with van der Waals surface area (Å²) in [5.74, 6) is -0.131. The van der Waals surface area contributed by atoms with Gasteiger partial charge in [0.05, 0.1) is 14.2 Å². The summed E-state index contributed by atoms with van der Waals surface area (Å²) in [4.78, 5) is 24.2. The second kappa shape index (κ2) is 9.43. The van der Waals surface area contributed by atoms with Crippen LogP contribution in [0.3, 0.4) is 0 Å². The molecule has 0 bridgehead atoms. The molecule has 0 fully saturated rings. The van der Waals surface area contributed by atoms with Crippen LogP contribution < -0.4 is 10.1 Å². The van der Waals surface area contributed by atoms with E-state index >= 15 is 0 Å². The van der Waals surface area contributed by atoms with Crippen molar-refractivity contribution in [2.75, 3.05) is 14.2 Å². The molecule has 7 heteroatoms. The van der Waals surface area contributed by atoms with E-state index in [2.05, 4.69) is 5.32 Å². The van der Waals surface area contributed by atoms with E-state index < -0.39 is 5.91 Å². The molecule has 0 aliphatic rings. The van der Waals surface area contributed by atoms with Gasteiger partial charge in [0.2, 0.25) is 0 Å². The summed E-state index contributed by atoms with van der Waals surface area (Å²) in [7, 11) is 2.92. The Kier molecular flexibility index (Phi) is 6.50. The summed E-state index contributed by atoms with van der Waals surface area (Å²) in [5.41, 5.74) is 2.34. The molecule has 152 valence electrons. The van der Waals surface area contributed by atoms with Gasteiger partial charge in [0, 0.05) is 29.2 Å². The number of para-hydroxylation sites is 1. The van der Waals surface area contributed by atoms with Crippen molar-refractivity contribution in [3.8, 4) is 11.8 Å². The number of hydrogen-bond donors (Lipinski definition) is 1. The largest absolute Gasteiger partial charge is 0.497 e. The maximum Gasteiger partial charge on any atom is 0.325 e. The van der Waals surface area contributed by atoms with Gasteiger partial charge in [0.1, 0.15) is 23.9 Å². The average molecular weight is 403 g/mol. The first-order valence-electron chi connectivity index (χ1n) is 9.23. The highest BCUT2D eigenvalue weighted by molar-refractivity contribution is 6.04. The highest BCUT2D eigenvalue weighted by atomic mass is 16.5. The first-order valence-corrected chi connectivity index (χ1v) is 9.23. The van der Waals surface area contributed by atoms with Gasteiger partial charge in [-0.25, -0.2) is 0 Å². The number of nitriles is 1. The predicted octanol–water partition coefficient (Wildman–Crippen LogP) is 3.05. The Bertz CT molecular complexity index is 1140. The maximum atomic E-state index is 12.5. The molecule has 0 unspecified atom stereocenters. The van der Waals surface area contributed by atoms with Crippen LogP contribution in [-0.4, -0.2) is 30.7 Å². The Balaban J connectivity index is 1.82. The van der Waals surface area contributed by atoms with Crippen LogP contribution >= 0.6 is 0 Å². The topological polar surface area (TPSA) is 93.4 Å². The van der Waals surface area contributed by atoms with Crippen LogP contribution in [0.1, 0.15) is 11.1 Å². The van der Waals surface area contributed by atoms with Crippen LogP contribution in [0.2, 0.25) is 0 Å². The molecule has 0 atom stereocenters. The molecule has 0 aliphatic carbocycles. The van der Waals surface area contributed by atoms with Gasteiger partial charge in [-0.05, 0) is 29.8 Å². The van der Waals surface area contributed by atoms with E-state index in [9.17, 15) is 14.9 Å². The number of carbonyl (C=O) groups is 2. The Morgan fingerprint density at radius 1 is 1.13 bits per heavy atom. The van der Waals surface area contributed by atoms with E-state index in [1.54, 1.807) is 30.0 Å². The summed E-state index contributed by atoms with van der Waals surface area (Å²) < 4.78 is 11.6. The van der Waals surface area contributed by atoms with Crippen LogP contribution in [0, 0.1) is 11.3 Å². The standard InChI is InChI=1S/C23H21N3O4/c1-29-19-9-7-16(8-10-19)13-25-23(28)17(12-24)11-18-14-26(15-22(27)30-2)21-6-4-3-5-20(18)21/h3-11,14H,13,15H2,1-2H3,(H,25,28). The fourth-order valence-electron chi connectivity index (χ4n) is 3.05. The first-order chi connectivity index (χ1) is 14.5. The number of rotatable bonds is 7.